The summed E-state index contributed by atoms with van der Waals surface area (Å²) in [6, 6.07) is 3.66. The second-order valence-corrected chi connectivity index (χ2v) is 5.49. The predicted octanol–water partition coefficient (Wildman–Crippen LogP) is 2.33. The molecule has 112 valence electrons. The number of carbonyl (C=O) groups is 2. The highest BCUT2D eigenvalue weighted by molar-refractivity contribution is 6.31. The highest BCUT2D eigenvalue weighted by Gasteiger charge is 2.47. The van der Waals surface area contributed by atoms with E-state index in [0.717, 1.165) is 11.0 Å². The van der Waals surface area contributed by atoms with Crippen LogP contribution in [0.2, 0.25) is 5.02 Å². The van der Waals surface area contributed by atoms with Gasteiger partial charge in [0.2, 0.25) is 0 Å². The number of nitro groups is 1. The molecule has 1 aliphatic heterocycles. The van der Waals surface area contributed by atoms with E-state index in [1.54, 1.807) is 0 Å². The molecule has 1 fully saturated rings. The van der Waals surface area contributed by atoms with Gasteiger partial charge < -0.3 is 10.0 Å². The Kier molecular flexibility index (Phi) is 3.87. The second kappa shape index (κ2) is 5.33. The number of nitrogens with zero attached hydrogens (tertiary/aromatic N) is 2. The van der Waals surface area contributed by atoms with Crippen LogP contribution < -0.4 is 0 Å². The number of aliphatic carboxylic acids is 1. The largest absolute Gasteiger partial charge is 0.480 e. The molecule has 0 saturated carbocycles. The van der Waals surface area contributed by atoms with Crippen molar-refractivity contribution in [2.45, 2.75) is 25.3 Å². The summed E-state index contributed by atoms with van der Waals surface area (Å²) in [5.41, 5.74) is -1.93. The van der Waals surface area contributed by atoms with Gasteiger partial charge in [-0.3, -0.25) is 14.9 Å². The maximum atomic E-state index is 12.5. The summed E-state index contributed by atoms with van der Waals surface area (Å²) in [6.07, 6.45) is 0.839. The zero-order valence-corrected chi connectivity index (χ0v) is 12.0. The lowest BCUT2D eigenvalue weighted by molar-refractivity contribution is -0.385. The highest BCUT2D eigenvalue weighted by Crippen LogP contribution is 2.33. The average molecular weight is 313 g/mol. The first-order chi connectivity index (χ1) is 9.77. The summed E-state index contributed by atoms with van der Waals surface area (Å²) in [5.74, 6) is -1.82. The number of hydrogen-bond donors (Lipinski definition) is 1. The fourth-order valence-corrected chi connectivity index (χ4v) is 2.67. The monoisotopic (exact) mass is 312 g/mol. The van der Waals surface area contributed by atoms with Crippen LogP contribution in [0.3, 0.4) is 0 Å². The Hall–Kier alpha value is -2.15. The average Bonchev–Trinajstić information content (AvgIpc) is 2.81. The van der Waals surface area contributed by atoms with Crippen molar-refractivity contribution in [1.29, 1.82) is 0 Å². The molecule has 1 unspecified atom stereocenters. The molecule has 1 amide bonds. The summed E-state index contributed by atoms with van der Waals surface area (Å²) >= 11 is 5.80. The molecule has 1 heterocycles. The Bertz CT molecular complexity index is 633. The molecule has 1 saturated heterocycles. The number of likely N-dealkylation sites (tertiary alicyclic amines) is 1. The Morgan fingerprint density at radius 1 is 1.48 bits per heavy atom. The first-order valence-corrected chi connectivity index (χ1v) is 6.64. The van der Waals surface area contributed by atoms with Gasteiger partial charge in [-0.2, -0.15) is 0 Å². The van der Waals surface area contributed by atoms with Crippen LogP contribution in [0.1, 0.15) is 30.1 Å². The van der Waals surface area contributed by atoms with Crippen molar-refractivity contribution in [3.8, 4) is 0 Å². The van der Waals surface area contributed by atoms with Gasteiger partial charge >= 0.3 is 5.97 Å². The molecule has 0 bridgehead atoms. The number of hydrogen-bond acceptors (Lipinski definition) is 4. The summed E-state index contributed by atoms with van der Waals surface area (Å²) in [6.45, 7) is 1.68. The van der Waals surface area contributed by atoms with Crippen LogP contribution >= 0.6 is 11.6 Å². The van der Waals surface area contributed by atoms with Crippen LogP contribution in [-0.4, -0.2) is 38.9 Å². The first-order valence-electron chi connectivity index (χ1n) is 6.26. The first kappa shape index (κ1) is 15.2. The molecule has 8 heteroatoms. The van der Waals surface area contributed by atoms with Crippen molar-refractivity contribution < 1.29 is 19.6 Å². The molecule has 1 N–H and O–H groups in total. The molecule has 2 rings (SSSR count). The van der Waals surface area contributed by atoms with Crippen LogP contribution in [0.4, 0.5) is 5.69 Å². The van der Waals surface area contributed by atoms with E-state index < -0.39 is 22.3 Å². The van der Waals surface area contributed by atoms with E-state index >= 15 is 0 Å². The molecule has 1 aliphatic rings. The van der Waals surface area contributed by atoms with Crippen molar-refractivity contribution in [3.05, 3.63) is 38.9 Å². The van der Waals surface area contributed by atoms with Gasteiger partial charge in [0.1, 0.15) is 11.1 Å². The number of halogens is 1. The Morgan fingerprint density at radius 3 is 2.71 bits per heavy atom. The summed E-state index contributed by atoms with van der Waals surface area (Å²) < 4.78 is 0. The lowest BCUT2D eigenvalue weighted by Crippen LogP contribution is -2.50. The van der Waals surface area contributed by atoms with Crippen molar-refractivity contribution in [3.63, 3.8) is 0 Å². The Morgan fingerprint density at radius 2 is 2.14 bits per heavy atom. The summed E-state index contributed by atoms with van der Waals surface area (Å²) in [4.78, 5) is 35.4. The molecule has 1 atom stereocenters. The SMILES string of the molecule is CC1(C(=O)O)CCCN1C(=O)c1cc(Cl)ccc1[N+](=O)[O-]. The van der Waals surface area contributed by atoms with Gasteiger partial charge in [0.05, 0.1) is 4.92 Å². The second-order valence-electron chi connectivity index (χ2n) is 5.06. The van der Waals surface area contributed by atoms with Crippen molar-refractivity contribution in [2.75, 3.05) is 6.54 Å². The molecule has 0 aliphatic carbocycles. The smallest absolute Gasteiger partial charge is 0.329 e. The summed E-state index contributed by atoms with van der Waals surface area (Å²) in [7, 11) is 0. The maximum Gasteiger partial charge on any atom is 0.329 e. The third-order valence-corrected chi connectivity index (χ3v) is 3.97. The summed E-state index contributed by atoms with van der Waals surface area (Å²) in [5, 5.41) is 20.5. The zero-order valence-electron chi connectivity index (χ0n) is 11.2. The molecule has 0 spiro atoms. The zero-order chi connectivity index (χ0) is 15.8. The topological polar surface area (TPSA) is 101 Å². The van der Waals surface area contributed by atoms with Gasteiger partial charge in [0.15, 0.2) is 0 Å². The molecule has 1 aromatic carbocycles. The predicted molar refractivity (Wildman–Crippen MR) is 74.4 cm³/mol. The number of benzene rings is 1. The van der Waals surface area contributed by atoms with Crippen LogP contribution in [0.25, 0.3) is 0 Å². The number of carboxylic acid groups (broad SMARTS) is 1. The molecule has 0 radical (unpaired) electrons. The van der Waals surface area contributed by atoms with Crippen LogP contribution in [0, 0.1) is 10.1 Å². The van der Waals surface area contributed by atoms with E-state index in [1.807, 2.05) is 0 Å². The molecule has 7 nitrogen and oxygen atoms in total. The minimum absolute atomic E-state index is 0.181. The van der Waals surface area contributed by atoms with Crippen molar-refractivity contribution in [1.82, 2.24) is 4.90 Å². The third-order valence-electron chi connectivity index (χ3n) is 3.73. The van der Waals surface area contributed by atoms with E-state index in [9.17, 15) is 24.8 Å². The number of amides is 1. The fraction of sp³-hybridized carbons (Fsp3) is 0.385. The van der Waals surface area contributed by atoms with Crippen LogP contribution in [0.15, 0.2) is 18.2 Å². The Labute approximate surface area is 125 Å². The quantitative estimate of drug-likeness (QED) is 0.682. The van der Waals surface area contributed by atoms with E-state index in [0.29, 0.717) is 12.8 Å². The van der Waals surface area contributed by atoms with Gasteiger partial charge in [-0.15, -0.1) is 0 Å². The number of nitro benzene ring substituents is 1. The van der Waals surface area contributed by atoms with E-state index in [1.165, 1.54) is 19.1 Å². The minimum Gasteiger partial charge on any atom is -0.480 e. The van der Waals surface area contributed by atoms with Gasteiger partial charge in [-0.1, -0.05) is 11.6 Å². The molecular weight excluding hydrogens is 300 g/mol. The van der Waals surface area contributed by atoms with Gasteiger partial charge in [-0.05, 0) is 31.9 Å². The molecule has 0 aromatic heterocycles. The molecule has 21 heavy (non-hydrogen) atoms. The standard InChI is InChI=1S/C13H13ClN2O5/c1-13(12(18)19)5-2-6-15(13)11(17)9-7-8(14)3-4-10(9)16(20)21/h3-4,7H,2,5-6H2,1H3,(H,18,19). The number of carboxylic acids is 1. The van der Waals surface area contributed by atoms with Gasteiger partial charge in [0.25, 0.3) is 11.6 Å². The maximum absolute atomic E-state index is 12.5. The van der Waals surface area contributed by atoms with Crippen molar-refractivity contribution >= 4 is 29.2 Å². The highest BCUT2D eigenvalue weighted by atomic mass is 35.5. The van der Waals surface area contributed by atoms with Crippen molar-refractivity contribution in [2.24, 2.45) is 0 Å². The van der Waals surface area contributed by atoms with Crippen LogP contribution in [-0.2, 0) is 4.79 Å². The van der Waals surface area contributed by atoms with Crippen LogP contribution in [0.5, 0.6) is 0 Å². The third kappa shape index (κ3) is 2.56. The Balaban J connectivity index is 2.47. The normalized spacial score (nSPS) is 21.3. The molecular formula is C13H13ClN2O5. The van der Waals surface area contributed by atoms with E-state index in [-0.39, 0.29) is 22.8 Å². The number of carbonyl (C=O) groups excluding carboxylic acids is 1. The fourth-order valence-electron chi connectivity index (χ4n) is 2.50. The van der Waals surface area contributed by atoms with E-state index in [4.69, 9.17) is 11.6 Å². The number of rotatable bonds is 3. The van der Waals surface area contributed by atoms with E-state index in [2.05, 4.69) is 0 Å². The molecule has 1 aromatic rings. The minimum atomic E-state index is -1.35. The van der Waals surface area contributed by atoms with Gasteiger partial charge in [-0.25, -0.2) is 4.79 Å². The van der Waals surface area contributed by atoms with Gasteiger partial charge in [0, 0.05) is 17.6 Å². The lowest BCUT2D eigenvalue weighted by atomic mass is 9.98. The lowest BCUT2D eigenvalue weighted by Gasteiger charge is -2.31.